The zero-order valence-corrected chi connectivity index (χ0v) is 13.5. The first-order valence-corrected chi connectivity index (χ1v) is 7.61. The van der Waals surface area contributed by atoms with Crippen molar-refractivity contribution in [1.82, 2.24) is 4.90 Å². The average Bonchev–Trinajstić information content (AvgIpc) is 2.34. The largest absolute Gasteiger partial charge is 0.304 e. The van der Waals surface area contributed by atoms with Gasteiger partial charge in [0.15, 0.2) is 11.1 Å². The summed E-state index contributed by atoms with van der Waals surface area (Å²) in [6.45, 7) is 7.85. The predicted molar refractivity (Wildman–Crippen MR) is 81.3 cm³/mol. The number of hydrogen-bond acceptors (Lipinski definition) is 3. The summed E-state index contributed by atoms with van der Waals surface area (Å²) in [4.78, 5) is 2.08. The van der Waals surface area contributed by atoms with Crippen molar-refractivity contribution in [2.45, 2.75) is 44.6 Å². The van der Waals surface area contributed by atoms with Crippen molar-refractivity contribution >= 4 is 11.1 Å². The van der Waals surface area contributed by atoms with Crippen LogP contribution in [0.2, 0.25) is 0 Å². The van der Waals surface area contributed by atoms with E-state index in [2.05, 4.69) is 11.8 Å². The molecule has 108 valence electrons. The Bertz CT molecular complexity index is 412. The molecule has 0 aliphatic carbocycles. The van der Waals surface area contributed by atoms with E-state index < -0.39 is 11.1 Å². The highest BCUT2D eigenvalue weighted by Gasteiger charge is 2.29. The van der Waals surface area contributed by atoms with E-state index in [-0.39, 0.29) is 16.9 Å². The van der Waals surface area contributed by atoms with Gasteiger partial charge in [0.1, 0.15) is 6.10 Å². The molecule has 19 heavy (non-hydrogen) atoms. The fraction of sp³-hybridized carbons (Fsp3) is 0.600. The Morgan fingerprint density at radius 2 is 1.68 bits per heavy atom. The van der Waals surface area contributed by atoms with E-state index in [4.69, 9.17) is 4.18 Å². The number of benzene rings is 1. The lowest BCUT2D eigenvalue weighted by molar-refractivity contribution is 0.118. The molecule has 0 N–H and O–H groups in total. The van der Waals surface area contributed by atoms with E-state index in [0.717, 1.165) is 5.56 Å². The molecule has 0 saturated heterocycles. The van der Waals surface area contributed by atoms with Gasteiger partial charge in [-0.3, -0.25) is 4.18 Å². The molecule has 1 aromatic carbocycles. The molecule has 0 heterocycles. The van der Waals surface area contributed by atoms with E-state index >= 15 is 0 Å². The lowest BCUT2D eigenvalue weighted by Crippen LogP contribution is -2.35. The molecule has 0 spiro atoms. The van der Waals surface area contributed by atoms with Gasteiger partial charge < -0.3 is 4.90 Å². The highest BCUT2D eigenvalue weighted by atomic mass is 32.2. The molecule has 3 nitrogen and oxygen atoms in total. The maximum atomic E-state index is 12.2. The van der Waals surface area contributed by atoms with Gasteiger partial charge in [-0.05, 0) is 47.4 Å². The predicted octanol–water partition coefficient (Wildman–Crippen LogP) is 3.16. The van der Waals surface area contributed by atoms with E-state index in [1.54, 1.807) is 0 Å². The van der Waals surface area contributed by atoms with Gasteiger partial charge in [-0.1, -0.05) is 30.3 Å². The summed E-state index contributed by atoms with van der Waals surface area (Å²) in [5, 5.41) is 0. The van der Waals surface area contributed by atoms with Crippen LogP contribution in [0.4, 0.5) is 0 Å². The molecule has 0 aliphatic rings. The quantitative estimate of drug-likeness (QED) is 0.831. The van der Waals surface area contributed by atoms with E-state index in [1.165, 1.54) is 0 Å². The van der Waals surface area contributed by atoms with Gasteiger partial charge in [0.2, 0.25) is 0 Å². The van der Waals surface area contributed by atoms with Crippen molar-refractivity contribution in [2.24, 2.45) is 0 Å². The molecule has 0 bridgehead atoms. The lowest BCUT2D eigenvalue weighted by atomic mass is 10.0. The van der Waals surface area contributed by atoms with Gasteiger partial charge in [0, 0.05) is 6.04 Å². The van der Waals surface area contributed by atoms with Crippen LogP contribution in [0.1, 0.15) is 39.4 Å². The van der Waals surface area contributed by atoms with Gasteiger partial charge in [-0.2, -0.15) is 0 Å². The van der Waals surface area contributed by atoms with Crippen molar-refractivity contribution in [2.75, 3.05) is 14.1 Å². The van der Waals surface area contributed by atoms with Gasteiger partial charge in [0.25, 0.3) is 0 Å². The summed E-state index contributed by atoms with van der Waals surface area (Å²) in [6, 6.07) is 10.1. The molecule has 0 aliphatic heterocycles. The average molecular weight is 283 g/mol. The third-order valence-electron chi connectivity index (χ3n) is 3.07. The molecule has 1 rings (SSSR count). The Morgan fingerprint density at radius 3 is 2.11 bits per heavy atom. The molecule has 0 radical (unpaired) electrons. The summed E-state index contributed by atoms with van der Waals surface area (Å²) in [6.07, 6.45) is -0.198. The number of hydrogen-bond donors (Lipinski definition) is 0. The Kier molecular flexibility index (Phi) is 5.71. The van der Waals surface area contributed by atoms with Crippen molar-refractivity contribution in [3.8, 4) is 0 Å². The fourth-order valence-electron chi connectivity index (χ4n) is 1.57. The molecule has 0 saturated carbocycles. The van der Waals surface area contributed by atoms with Crippen LogP contribution in [0.15, 0.2) is 30.3 Å². The van der Waals surface area contributed by atoms with Crippen LogP contribution in [0.3, 0.4) is 0 Å². The molecule has 0 fully saturated rings. The SMILES string of the molecule is C[C@@H]([C@H](OS(=O)C(C)(C)C)c1ccccc1)N(C)C. The van der Waals surface area contributed by atoms with Crippen LogP contribution in [0.5, 0.6) is 0 Å². The minimum atomic E-state index is -1.33. The van der Waals surface area contributed by atoms with Gasteiger partial charge in [-0.25, -0.2) is 4.21 Å². The van der Waals surface area contributed by atoms with Gasteiger partial charge >= 0.3 is 0 Å². The number of likely N-dealkylation sites (N-methyl/N-ethyl adjacent to an activating group) is 1. The van der Waals surface area contributed by atoms with E-state index in [1.807, 2.05) is 65.2 Å². The monoisotopic (exact) mass is 283 g/mol. The molecular formula is C15H25NO2S. The van der Waals surface area contributed by atoms with Crippen LogP contribution in [-0.4, -0.2) is 34.0 Å². The van der Waals surface area contributed by atoms with Crippen LogP contribution >= 0.6 is 0 Å². The summed E-state index contributed by atoms with van der Waals surface area (Å²) < 4.78 is 17.7. The Morgan fingerprint density at radius 1 is 1.16 bits per heavy atom. The van der Waals surface area contributed by atoms with Crippen LogP contribution < -0.4 is 0 Å². The van der Waals surface area contributed by atoms with Gasteiger partial charge in [0.05, 0.1) is 4.75 Å². The first kappa shape index (κ1) is 16.3. The minimum absolute atomic E-state index is 0.147. The second-order valence-electron chi connectivity index (χ2n) is 5.98. The molecule has 3 atom stereocenters. The Hall–Kier alpha value is -0.710. The third kappa shape index (κ3) is 4.71. The molecule has 0 amide bonds. The van der Waals surface area contributed by atoms with Gasteiger partial charge in [-0.15, -0.1) is 0 Å². The summed E-state index contributed by atoms with van der Waals surface area (Å²) >= 11 is -1.33. The second kappa shape index (κ2) is 6.64. The van der Waals surface area contributed by atoms with Crippen LogP contribution in [0, 0.1) is 0 Å². The standard InChI is InChI=1S/C15H25NO2S/c1-12(16(5)6)14(13-10-8-7-9-11-13)18-19(17)15(2,3)4/h7-12,14H,1-6H3/t12-,14-,19?/m0/s1. The highest BCUT2D eigenvalue weighted by Crippen LogP contribution is 2.28. The fourth-order valence-corrected chi connectivity index (χ4v) is 2.32. The van der Waals surface area contributed by atoms with Crippen molar-refractivity contribution in [3.05, 3.63) is 35.9 Å². The van der Waals surface area contributed by atoms with Crippen LogP contribution in [-0.2, 0) is 15.3 Å². The molecule has 4 heteroatoms. The molecule has 1 aromatic rings. The maximum Gasteiger partial charge on any atom is 0.161 e. The molecule has 0 aromatic heterocycles. The normalized spacial score (nSPS) is 17.2. The minimum Gasteiger partial charge on any atom is -0.304 e. The first-order chi connectivity index (χ1) is 8.73. The lowest BCUT2D eigenvalue weighted by Gasteiger charge is -2.31. The van der Waals surface area contributed by atoms with Crippen molar-refractivity contribution in [3.63, 3.8) is 0 Å². The van der Waals surface area contributed by atoms with Crippen LogP contribution in [0.25, 0.3) is 0 Å². The topological polar surface area (TPSA) is 29.5 Å². The molecular weight excluding hydrogens is 258 g/mol. The number of rotatable bonds is 5. The summed E-state index contributed by atoms with van der Waals surface area (Å²) in [7, 11) is 4.01. The summed E-state index contributed by atoms with van der Waals surface area (Å²) in [5.74, 6) is 0. The first-order valence-electron chi connectivity index (χ1n) is 6.54. The van der Waals surface area contributed by atoms with E-state index in [0.29, 0.717) is 0 Å². The number of nitrogens with zero attached hydrogens (tertiary/aromatic N) is 1. The maximum absolute atomic E-state index is 12.2. The third-order valence-corrected chi connectivity index (χ3v) is 4.45. The van der Waals surface area contributed by atoms with Crippen molar-refractivity contribution < 1.29 is 8.39 Å². The second-order valence-corrected chi connectivity index (χ2v) is 7.87. The smallest absolute Gasteiger partial charge is 0.161 e. The summed E-state index contributed by atoms with van der Waals surface area (Å²) in [5.41, 5.74) is 1.06. The van der Waals surface area contributed by atoms with Crippen molar-refractivity contribution in [1.29, 1.82) is 0 Å². The van der Waals surface area contributed by atoms with E-state index in [9.17, 15) is 4.21 Å². The zero-order valence-electron chi connectivity index (χ0n) is 12.7. The Labute approximate surface area is 119 Å². The zero-order chi connectivity index (χ0) is 14.6. The molecule has 1 unspecified atom stereocenters. The Balaban J connectivity index is 2.98. The highest BCUT2D eigenvalue weighted by molar-refractivity contribution is 7.81.